The molecule has 0 spiro atoms. The monoisotopic (exact) mass is 429 g/mol. The summed E-state index contributed by atoms with van der Waals surface area (Å²) in [5, 5.41) is 6.97. The van der Waals surface area contributed by atoms with E-state index < -0.39 is 0 Å². The Hall–Kier alpha value is -2.28. The van der Waals surface area contributed by atoms with Gasteiger partial charge in [-0.05, 0) is 42.7 Å². The maximum Gasteiger partial charge on any atom is 0.316 e. The minimum Gasteiger partial charge on any atom is -0.461 e. The SMILES string of the molecule is CC(C)[C@@H]1CC[C@@H](C)C[C@H]1OC(=O)CSc1ccccc1C(=O)Nc1ccn(C)n1. The highest BCUT2D eigenvalue weighted by Gasteiger charge is 2.33. The van der Waals surface area contributed by atoms with Crippen LogP contribution in [0.2, 0.25) is 0 Å². The predicted molar refractivity (Wildman–Crippen MR) is 120 cm³/mol. The van der Waals surface area contributed by atoms with Crippen molar-refractivity contribution in [1.82, 2.24) is 9.78 Å². The van der Waals surface area contributed by atoms with Gasteiger partial charge in [-0.15, -0.1) is 11.8 Å². The first kappa shape index (κ1) is 22.4. The third-order valence-corrected chi connectivity index (χ3v) is 6.72. The van der Waals surface area contributed by atoms with Gasteiger partial charge >= 0.3 is 5.97 Å². The summed E-state index contributed by atoms with van der Waals surface area (Å²) in [6.45, 7) is 6.63. The van der Waals surface area contributed by atoms with Crippen molar-refractivity contribution in [2.24, 2.45) is 24.8 Å². The highest BCUT2D eigenvalue weighted by atomic mass is 32.2. The number of benzene rings is 1. The van der Waals surface area contributed by atoms with E-state index in [0.29, 0.717) is 29.1 Å². The van der Waals surface area contributed by atoms with Crippen LogP contribution >= 0.6 is 11.8 Å². The number of hydrogen-bond donors (Lipinski definition) is 1. The quantitative estimate of drug-likeness (QED) is 0.507. The van der Waals surface area contributed by atoms with E-state index in [9.17, 15) is 9.59 Å². The average molecular weight is 430 g/mol. The Kier molecular flexibility index (Phi) is 7.58. The molecule has 7 heteroatoms. The van der Waals surface area contributed by atoms with Crippen molar-refractivity contribution in [3.05, 3.63) is 42.1 Å². The van der Waals surface area contributed by atoms with Gasteiger partial charge in [-0.25, -0.2) is 0 Å². The zero-order valence-corrected chi connectivity index (χ0v) is 18.9. The summed E-state index contributed by atoms with van der Waals surface area (Å²) in [6, 6.07) is 9.02. The van der Waals surface area contributed by atoms with Crippen LogP contribution in [0, 0.1) is 17.8 Å². The summed E-state index contributed by atoms with van der Waals surface area (Å²) in [4.78, 5) is 26.0. The van der Waals surface area contributed by atoms with Gasteiger partial charge in [0.15, 0.2) is 5.82 Å². The fourth-order valence-corrected chi connectivity index (χ4v) is 4.87. The molecule has 1 aliphatic carbocycles. The fourth-order valence-electron chi connectivity index (χ4n) is 4.04. The third kappa shape index (κ3) is 5.88. The first-order valence-electron chi connectivity index (χ1n) is 10.6. The molecule has 1 N–H and O–H groups in total. The van der Waals surface area contributed by atoms with Crippen LogP contribution in [0.4, 0.5) is 5.82 Å². The molecule has 3 rings (SSSR count). The van der Waals surface area contributed by atoms with Crippen molar-refractivity contribution in [1.29, 1.82) is 0 Å². The molecule has 3 atom stereocenters. The van der Waals surface area contributed by atoms with Gasteiger partial charge in [0.2, 0.25) is 0 Å². The van der Waals surface area contributed by atoms with E-state index >= 15 is 0 Å². The van der Waals surface area contributed by atoms with Gasteiger partial charge < -0.3 is 10.1 Å². The van der Waals surface area contributed by atoms with Crippen LogP contribution < -0.4 is 5.32 Å². The molecular weight excluding hydrogens is 398 g/mol. The molecule has 1 aromatic heterocycles. The number of aryl methyl sites for hydroxylation is 1. The van der Waals surface area contributed by atoms with Gasteiger partial charge in [0.25, 0.3) is 5.91 Å². The summed E-state index contributed by atoms with van der Waals surface area (Å²) in [5.41, 5.74) is 0.521. The first-order valence-corrected chi connectivity index (χ1v) is 11.5. The van der Waals surface area contributed by atoms with Crippen LogP contribution in [0.15, 0.2) is 41.4 Å². The van der Waals surface area contributed by atoms with Crippen molar-refractivity contribution in [2.45, 2.75) is 51.0 Å². The van der Waals surface area contributed by atoms with Crippen LogP contribution in [-0.4, -0.2) is 33.5 Å². The first-order chi connectivity index (χ1) is 14.3. The van der Waals surface area contributed by atoms with Gasteiger partial charge in [-0.1, -0.05) is 39.3 Å². The third-order valence-electron chi connectivity index (χ3n) is 5.68. The second-order valence-corrected chi connectivity index (χ2v) is 9.49. The standard InChI is InChI=1S/C23H31N3O3S/c1-15(2)17-10-9-16(3)13-19(17)29-22(27)14-30-20-8-6-5-7-18(20)23(28)24-21-11-12-26(4)25-21/h5-8,11-12,15-17,19H,9-10,13-14H2,1-4H3,(H,24,25,28)/t16-,17+,19-/m1/s1. The topological polar surface area (TPSA) is 73.2 Å². The number of amides is 1. The molecular formula is C23H31N3O3S. The molecule has 162 valence electrons. The minimum atomic E-state index is -0.244. The molecule has 0 unspecified atom stereocenters. The molecule has 6 nitrogen and oxygen atoms in total. The van der Waals surface area contributed by atoms with Crippen LogP contribution in [0.25, 0.3) is 0 Å². The Balaban J connectivity index is 1.60. The Morgan fingerprint density at radius 2 is 2.03 bits per heavy atom. The lowest BCUT2D eigenvalue weighted by atomic mass is 9.75. The van der Waals surface area contributed by atoms with E-state index in [1.807, 2.05) is 18.2 Å². The summed E-state index contributed by atoms with van der Waals surface area (Å²) in [5.74, 6) is 1.72. The molecule has 0 bridgehead atoms. The van der Waals surface area contributed by atoms with Crippen molar-refractivity contribution >= 4 is 29.5 Å². The smallest absolute Gasteiger partial charge is 0.316 e. The molecule has 1 aromatic carbocycles. The van der Waals surface area contributed by atoms with Crippen LogP contribution in [0.3, 0.4) is 0 Å². The molecule has 1 fully saturated rings. The summed E-state index contributed by atoms with van der Waals surface area (Å²) >= 11 is 1.34. The number of anilines is 1. The summed E-state index contributed by atoms with van der Waals surface area (Å²) in [7, 11) is 1.79. The van der Waals surface area contributed by atoms with Crippen molar-refractivity contribution in [2.75, 3.05) is 11.1 Å². The van der Waals surface area contributed by atoms with E-state index in [2.05, 4.69) is 31.2 Å². The van der Waals surface area contributed by atoms with Gasteiger partial charge in [0.1, 0.15) is 6.10 Å². The minimum absolute atomic E-state index is 0.00968. The Labute approximate surface area is 182 Å². The van der Waals surface area contributed by atoms with E-state index in [1.54, 1.807) is 30.1 Å². The maximum absolute atomic E-state index is 12.7. The predicted octanol–water partition coefficient (Wildman–Crippen LogP) is 4.77. The number of carbonyl (C=O) groups excluding carboxylic acids is 2. The second kappa shape index (κ2) is 10.2. The molecule has 1 amide bonds. The van der Waals surface area contributed by atoms with E-state index in [-0.39, 0.29) is 23.7 Å². The van der Waals surface area contributed by atoms with Gasteiger partial charge in [0.05, 0.1) is 11.3 Å². The van der Waals surface area contributed by atoms with E-state index in [4.69, 9.17) is 4.74 Å². The van der Waals surface area contributed by atoms with E-state index in [1.165, 1.54) is 18.2 Å². The molecule has 0 saturated heterocycles. The van der Waals surface area contributed by atoms with Crippen molar-refractivity contribution in [3.8, 4) is 0 Å². The number of rotatable bonds is 7. The fraction of sp³-hybridized carbons (Fsp3) is 0.522. The number of hydrogen-bond acceptors (Lipinski definition) is 5. The zero-order chi connectivity index (χ0) is 21.7. The number of carbonyl (C=O) groups is 2. The molecule has 1 heterocycles. The number of nitrogens with one attached hydrogen (secondary N) is 1. The Bertz CT molecular complexity index is 880. The molecule has 1 saturated carbocycles. The lowest BCUT2D eigenvalue weighted by Gasteiger charge is -2.36. The van der Waals surface area contributed by atoms with Gasteiger partial charge in [-0.2, -0.15) is 5.10 Å². The summed E-state index contributed by atoms with van der Waals surface area (Å²) in [6.07, 6.45) is 5.00. The molecule has 2 aromatic rings. The Morgan fingerprint density at radius 1 is 1.27 bits per heavy atom. The van der Waals surface area contributed by atoms with Gasteiger partial charge in [-0.3, -0.25) is 14.3 Å². The van der Waals surface area contributed by atoms with Crippen LogP contribution in [0.5, 0.6) is 0 Å². The molecule has 1 aliphatic rings. The second-order valence-electron chi connectivity index (χ2n) is 8.47. The number of aromatic nitrogens is 2. The van der Waals surface area contributed by atoms with Crippen LogP contribution in [-0.2, 0) is 16.6 Å². The van der Waals surface area contributed by atoms with E-state index in [0.717, 1.165) is 17.7 Å². The number of thioether (sulfide) groups is 1. The number of ether oxygens (including phenoxy) is 1. The van der Waals surface area contributed by atoms with Crippen molar-refractivity contribution < 1.29 is 14.3 Å². The zero-order valence-electron chi connectivity index (χ0n) is 18.1. The Morgan fingerprint density at radius 3 is 2.73 bits per heavy atom. The average Bonchev–Trinajstić information content (AvgIpc) is 3.11. The largest absolute Gasteiger partial charge is 0.461 e. The molecule has 0 radical (unpaired) electrons. The molecule has 30 heavy (non-hydrogen) atoms. The normalized spacial score (nSPS) is 21.4. The maximum atomic E-state index is 12.7. The number of nitrogens with zero attached hydrogens (tertiary/aromatic N) is 2. The highest BCUT2D eigenvalue weighted by molar-refractivity contribution is 8.00. The highest BCUT2D eigenvalue weighted by Crippen LogP contribution is 2.35. The van der Waals surface area contributed by atoms with Crippen LogP contribution in [0.1, 0.15) is 50.4 Å². The lowest BCUT2D eigenvalue weighted by molar-refractivity contribution is -0.152. The molecule has 0 aliphatic heterocycles. The summed E-state index contributed by atoms with van der Waals surface area (Å²) < 4.78 is 7.51. The van der Waals surface area contributed by atoms with Gasteiger partial charge in [0, 0.05) is 24.2 Å². The lowest BCUT2D eigenvalue weighted by Crippen LogP contribution is -2.36. The number of esters is 1. The van der Waals surface area contributed by atoms with Crippen molar-refractivity contribution in [3.63, 3.8) is 0 Å².